The summed E-state index contributed by atoms with van der Waals surface area (Å²) in [5.74, 6) is 1.57. The van der Waals surface area contributed by atoms with Gasteiger partial charge in [-0.15, -0.1) is 0 Å². The lowest BCUT2D eigenvalue weighted by Gasteiger charge is -2.27. The summed E-state index contributed by atoms with van der Waals surface area (Å²) in [6, 6.07) is 15.0. The Hall–Kier alpha value is -3.05. The van der Waals surface area contributed by atoms with Crippen molar-refractivity contribution >= 4 is 6.08 Å². The van der Waals surface area contributed by atoms with Crippen LogP contribution in [-0.4, -0.2) is 40.2 Å². The standard InChI is InChI=1S/C23H25N3O2/c1-15-4-5-19(12-16(15)2)17-6-8-18(9-7-17)23-24-20-13-22(28-3)26(10-11-27)14-21(20)25-23/h4-9,12-13,27H,10-11,14H2,1-3H3,(H,24,25). The second-order valence-electron chi connectivity index (χ2n) is 7.16. The lowest BCUT2D eigenvalue weighted by molar-refractivity contribution is 0.124. The molecule has 2 N–H and O–H groups in total. The van der Waals surface area contributed by atoms with Crippen LogP contribution < -0.4 is 0 Å². The van der Waals surface area contributed by atoms with E-state index in [9.17, 15) is 5.11 Å². The molecule has 0 aliphatic carbocycles. The van der Waals surface area contributed by atoms with E-state index in [0.717, 1.165) is 28.7 Å². The van der Waals surface area contributed by atoms with E-state index >= 15 is 0 Å². The maximum absolute atomic E-state index is 9.26. The predicted octanol–water partition coefficient (Wildman–Crippen LogP) is 4.11. The van der Waals surface area contributed by atoms with E-state index in [1.165, 1.54) is 22.3 Å². The number of H-pyrrole nitrogens is 1. The Kier molecular flexibility index (Phi) is 4.92. The first kappa shape index (κ1) is 18.3. The Morgan fingerprint density at radius 1 is 1.04 bits per heavy atom. The minimum absolute atomic E-state index is 0.0803. The average molecular weight is 375 g/mol. The Balaban J connectivity index is 1.61. The fraction of sp³-hybridized carbons (Fsp3) is 0.261. The largest absolute Gasteiger partial charge is 0.482 e. The predicted molar refractivity (Wildman–Crippen MR) is 111 cm³/mol. The molecule has 0 bridgehead atoms. The fourth-order valence-electron chi connectivity index (χ4n) is 3.52. The third kappa shape index (κ3) is 3.41. The number of imidazole rings is 1. The van der Waals surface area contributed by atoms with E-state index in [-0.39, 0.29) is 6.61 Å². The summed E-state index contributed by atoms with van der Waals surface area (Å²) in [5.41, 5.74) is 7.98. The Labute approximate surface area is 165 Å². The number of nitrogens with zero attached hydrogens (tertiary/aromatic N) is 2. The molecular formula is C23H25N3O2. The number of ether oxygens (including phenoxy) is 1. The summed E-state index contributed by atoms with van der Waals surface area (Å²) >= 11 is 0. The molecule has 2 heterocycles. The molecule has 0 amide bonds. The molecule has 0 radical (unpaired) electrons. The average Bonchev–Trinajstić information content (AvgIpc) is 3.12. The van der Waals surface area contributed by atoms with Crippen molar-refractivity contribution in [3.63, 3.8) is 0 Å². The first-order valence-electron chi connectivity index (χ1n) is 9.47. The smallest absolute Gasteiger partial charge is 0.191 e. The van der Waals surface area contributed by atoms with Gasteiger partial charge in [0.15, 0.2) is 5.88 Å². The quantitative estimate of drug-likeness (QED) is 0.704. The molecule has 1 aliphatic heterocycles. The number of hydrogen-bond donors (Lipinski definition) is 2. The zero-order chi connectivity index (χ0) is 19.7. The van der Waals surface area contributed by atoms with E-state index in [2.05, 4.69) is 61.3 Å². The van der Waals surface area contributed by atoms with Gasteiger partial charge in [-0.2, -0.15) is 0 Å². The highest BCUT2D eigenvalue weighted by molar-refractivity contribution is 5.69. The highest BCUT2D eigenvalue weighted by Crippen LogP contribution is 2.28. The molecule has 5 nitrogen and oxygen atoms in total. The van der Waals surface area contributed by atoms with Gasteiger partial charge in [-0.25, -0.2) is 4.98 Å². The third-order valence-corrected chi connectivity index (χ3v) is 5.31. The molecule has 0 unspecified atom stereocenters. The van der Waals surface area contributed by atoms with Gasteiger partial charge in [-0.1, -0.05) is 42.5 Å². The zero-order valence-electron chi connectivity index (χ0n) is 16.5. The molecular weight excluding hydrogens is 350 g/mol. The Bertz CT molecular complexity index is 1020. The van der Waals surface area contributed by atoms with Crippen molar-refractivity contribution in [1.82, 2.24) is 14.9 Å². The van der Waals surface area contributed by atoms with Crippen LogP contribution in [0.3, 0.4) is 0 Å². The number of nitrogens with one attached hydrogen (secondary N) is 1. The van der Waals surface area contributed by atoms with E-state index in [4.69, 9.17) is 9.72 Å². The maximum Gasteiger partial charge on any atom is 0.191 e. The first-order chi connectivity index (χ1) is 13.6. The van der Waals surface area contributed by atoms with Gasteiger partial charge in [0.2, 0.25) is 0 Å². The number of methoxy groups -OCH3 is 1. The number of benzene rings is 2. The summed E-state index contributed by atoms with van der Waals surface area (Å²) in [4.78, 5) is 10.2. The van der Waals surface area contributed by atoms with E-state index in [1.54, 1.807) is 7.11 Å². The molecule has 2 aromatic carbocycles. The zero-order valence-corrected chi connectivity index (χ0v) is 16.5. The van der Waals surface area contributed by atoms with Crippen LogP contribution >= 0.6 is 0 Å². The van der Waals surface area contributed by atoms with Gasteiger partial charge in [-0.05, 0) is 36.1 Å². The molecule has 1 aliphatic rings. The van der Waals surface area contributed by atoms with E-state index in [0.29, 0.717) is 13.1 Å². The van der Waals surface area contributed by atoms with Crippen LogP contribution in [0.1, 0.15) is 22.5 Å². The SMILES string of the molecule is COC1=Cc2nc(-c3ccc(-c4ccc(C)c(C)c4)cc3)[nH]c2CN1CCO. The van der Waals surface area contributed by atoms with Gasteiger partial charge >= 0.3 is 0 Å². The fourth-order valence-corrected chi connectivity index (χ4v) is 3.52. The maximum atomic E-state index is 9.26. The second kappa shape index (κ2) is 7.52. The molecule has 0 saturated carbocycles. The van der Waals surface area contributed by atoms with Crippen molar-refractivity contribution in [2.24, 2.45) is 0 Å². The topological polar surface area (TPSA) is 61.4 Å². The minimum Gasteiger partial charge on any atom is -0.482 e. The summed E-state index contributed by atoms with van der Waals surface area (Å²) < 4.78 is 5.43. The molecule has 5 heteroatoms. The number of rotatable bonds is 5. The number of aromatic nitrogens is 2. The number of β-amino-alcohol motifs (C(OH)–C–C–N with tert-alkyl or cyclic N) is 1. The summed E-state index contributed by atoms with van der Waals surface area (Å²) in [6.07, 6.45) is 1.91. The van der Waals surface area contributed by atoms with Crippen LogP contribution in [0.2, 0.25) is 0 Å². The Morgan fingerprint density at radius 2 is 1.75 bits per heavy atom. The lowest BCUT2D eigenvalue weighted by atomic mass is 9.99. The molecule has 144 valence electrons. The molecule has 1 aromatic heterocycles. The van der Waals surface area contributed by atoms with Crippen molar-refractivity contribution in [3.05, 3.63) is 70.9 Å². The molecule has 0 saturated heterocycles. The molecule has 0 spiro atoms. The van der Waals surface area contributed by atoms with Crippen LogP contribution in [0.25, 0.3) is 28.6 Å². The second-order valence-corrected chi connectivity index (χ2v) is 7.16. The monoisotopic (exact) mass is 375 g/mol. The van der Waals surface area contributed by atoms with Gasteiger partial charge < -0.3 is 19.7 Å². The highest BCUT2D eigenvalue weighted by Gasteiger charge is 2.22. The van der Waals surface area contributed by atoms with Crippen molar-refractivity contribution in [2.75, 3.05) is 20.3 Å². The molecule has 0 fully saturated rings. The molecule has 0 atom stereocenters. The highest BCUT2D eigenvalue weighted by atomic mass is 16.5. The summed E-state index contributed by atoms with van der Waals surface area (Å²) in [5, 5.41) is 9.26. The Morgan fingerprint density at radius 3 is 2.43 bits per heavy atom. The van der Waals surface area contributed by atoms with Gasteiger partial charge in [0.25, 0.3) is 0 Å². The number of aliphatic hydroxyl groups excluding tert-OH is 1. The van der Waals surface area contributed by atoms with Crippen LogP contribution in [0.15, 0.2) is 48.3 Å². The summed E-state index contributed by atoms with van der Waals surface area (Å²) in [6.45, 7) is 5.52. The number of hydrogen-bond acceptors (Lipinski definition) is 4. The van der Waals surface area contributed by atoms with Gasteiger partial charge in [-0.3, -0.25) is 0 Å². The molecule has 3 aromatic rings. The third-order valence-electron chi connectivity index (χ3n) is 5.31. The van der Waals surface area contributed by atoms with Gasteiger partial charge in [0.1, 0.15) is 5.82 Å². The van der Waals surface area contributed by atoms with Crippen molar-refractivity contribution < 1.29 is 9.84 Å². The first-order valence-corrected chi connectivity index (χ1v) is 9.47. The van der Waals surface area contributed by atoms with Crippen LogP contribution in [0, 0.1) is 13.8 Å². The van der Waals surface area contributed by atoms with E-state index < -0.39 is 0 Å². The number of aryl methyl sites for hydroxylation is 2. The van der Waals surface area contributed by atoms with Gasteiger partial charge in [0, 0.05) is 18.2 Å². The van der Waals surface area contributed by atoms with Gasteiger partial charge in [0.05, 0.1) is 31.6 Å². The summed E-state index contributed by atoms with van der Waals surface area (Å²) in [7, 11) is 1.64. The van der Waals surface area contributed by atoms with Crippen molar-refractivity contribution in [3.8, 4) is 22.5 Å². The van der Waals surface area contributed by atoms with Crippen molar-refractivity contribution in [1.29, 1.82) is 0 Å². The number of fused-ring (bicyclic) bond motifs is 1. The van der Waals surface area contributed by atoms with Crippen LogP contribution in [-0.2, 0) is 11.3 Å². The lowest BCUT2D eigenvalue weighted by Crippen LogP contribution is -2.29. The normalized spacial score (nSPS) is 13.3. The minimum atomic E-state index is 0.0803. The number of aromatic amines is 1. The molecule has 28 heavy (non-hydrogen) atoms. The van der Waals surface area contributed by atoms with E-state index in [1.807, 2.05) is 11.0 Å². The van der Waals surface area contributed by atoms with Crippen LogP contribution in [0.4, 0.5) is 0 Å². The number of aliphatic hydroxyl groups is 1. The van der Waals surface area contributed by atoms with Crippen LogP contribution in [0.5, 0.6) is 0 Å². The molecule has 4 rings (SSSR count). The van der Waals surface area contributed by atoms with Crippen molar-refractivity contribution in [2.45, 2.75) is 20.4 Å².